The molecule has 1 N–H and O–H groups in total. The third-order valence-corrected chi connectivity index (χ3v) is 7.90. The summed E-state index contributed by atoms with van der Waals surface area (Å²) in [6.45, 7) is 1.19. The van der Waals surface area contributed by atoms with Crippen LogP contribution in [0.4, 0.5) is 0 Å². The zero-order chi connectivity index (χ0) is 20.7. The minimum Gasteiger partial charge on any atom is -0.493 e. The van der Waals surface area contributed by atoms with E-state index in [0.717, 1.165) is 35.4 Å². The molecular formula is C25H29Cl2NO2. The highest BCUT2D eigenvalue weighted by molar-refractivity contribution is 6.31. The van der Waals surface area contributed by atoms with Gasteiger partial charge in [-0.2, -0.15) is 0 Å². The van der Waals surface area contributed by atoms with E-state index in [1.165, 1.54) is 38.5 Å². The lowest BCUT2D eigenvalue weighted by atomic mass is 9.53. The number of rotatable bonds is 7. The Kier molecular flexibility index (Phi) is 5.64. The van der Waals surface area contributed by atoms with Gasteiger partial charge in [-0.05, 0) is 85.6 Å². The van der Waals surface area contributed by atoms with E-state index in [1.54, 1.807) is 7.11 Å². The lowest BCUT2D eigenvalue weighted by Crippen LogP contribution is -2.58. The van der Waals surface area contributed by atoms with Crippen LogP contribution in [0.25, 0.3) is 0 Å². The summed E-state index contributed by atoms with van der Waals surface area (Å²) in [5, 5.41) is 5.34. The predicted molar refractivity (Wildman–Crippen MR) is 122 cm³/mol. The molecule has 6 rings (SSSR count). The van der Waals surface area contributed by atoms with Crippen molar-refractivity contribution in [3.8, 4) is 11.5 Å². The second kappa shape index (κ2) is 8.26. The van der Waals surface area contributed by atoms with Gasteiger partial charge in [-0.25, -0.2) is 0 Å². The Morgan fingerprint density at radius 2 is 1.67 bits per heavy atom. The smallest absolute Gasteiger partial charge is 0.163 e. The lowest BCUT2D eigenvalue weighted by molar-refractivity contribution is -0.0206. The van der Waals surface area contributed by atoms with Crippen LogP contribution in [0.15, 0.2) is 36.4 Å². The normalized spacial score (nSPS) is 29.2. The number of ether oxygens (including phenoxy) is 2. The summed E-state index contributed by atoms with van der Waals surface area (Å²) in [5.41, 5.74) is 2.39. The number of methoxy groups -OCH3 is 1. The van der Waals surface area contributed by atoms with Gasteiger partial charge in [0.1, 0.15) is 6.61 Å². The fraction of sp³-hybridized carbons (Fsp3) is 0.520. The molecule has 4 fully saturated rings. The number of halogens is 2. The standard InChI is InChI=1S/C25H29Cl2NO2/c1-29-23-9-20(14-28-25-11-17-5-18(12-25)7-19(6-17)13-25)22(27)10-24(23)30-15-16-3-2-4-21(26)8-16/h2-4,8-10,17-19,28H,5-7,11-15H2,1H3. The van der Waals surface area contributed by atoms with Gasteiger partial charge in [-0.3, -0.25) is 0 Å². The summed E-state index contributed by atoms with van der Waals surface area (Å²) in [4.78, 5) is 0. The van der Waals surface area contributed by atoms with Gasteiger partial charge in [0, 0.05) is 28.2 Å². The number of hydrogen-bond donors (Lipinski definition) is 1. The molecule has 4 bridgehead atoms. The van der Waals surface area contributed by atoms with Crippen LogP contribution < -0.4 is 14.8 Å². The molecule has 4 aliphatic rings. The molecule has 0 spiro atoms. The van der Waals surface area contributed by atoms with Gasteiger partial charge in [0.2, 0.25) is 0 Å². The Morgan fingerprint density at radius 1 is 0.967 bits per heavy atom. The van der Waals surface area contributed by atoms with E-state index >= 15 is 0 Å². The SMILES string of the molecule is COc1cc(CNC23CC4CC(CC(C4)C2)C3)c(Cl)cc1OCc1cccc(Cl)c1. The molecule has 4 aliphatic carbocycles. The molecule has 3 nitrogen and oxygen atoms in total. The van der Waals surface area contributed by atoms with Crippen LogP contribution in [-0.2, 0) is 13.2 Å². The van der Waals surface area contributed by atoms with Gasteiger partial charge >= 0.3 is 0 Å². The van der Waals surface area contributed by atoms with Crippen molar-refractivity contribution >= 4 is 23.2 Å². The van der Waals surface area contributed by atoms with Crippen molar-refractivity contribution in [3.05, 3.63) is 57.6 Å². The Labute approximate surface area is 189 Å². The zero-order valence-corrected chi connectivity index (χ0v) is 18.9. The summed E-state index contributed by atoms with van der Waals surface area (Å²) >= 11 is 12.7. The van der Waals surface area contributed by atoms with Crippen molar-refractivity contribution in [1.82, 2.24) is 5.32 Å². The summed E-state index contributed by atoms with van der Waals surface area (Å²) < 4.78 is 11.6. The summed E-state index contributed by atoms with van der Waals surface area (Å²) in [5.74, 6) is 4.15. The highest BCUT2D eigenvalue weighted by atomic mass is 35.5. The van der Waals surface area contributed by atoms with E-state index in [0.29, 0.717) is 33.7 Å². The molecule has 30 heavy (non-hydrogen) atoms. The van der Waals surface area contributed by atoms with Crippen LogP contribution in [0.1, 0.15) is 49.7 Å². The molecule has 2 aromatic rings. The van der Waals surface area contributed by atoms with Gasteiger partial charge in [0.25, 0.3) is 0 Å². The average Bonchev–Trinajstić information content (AvgIpc) is 2.70. The first kappa shape index (κ1) is 20.5. The maximum atomic E-state index is 6.66. The summed E-state index contributed by atoms with van der Waals surface area (Å²) in [7, 11) is 1.67. The molecule has 160 valence electrons. The molecule has 0 atom stereocenters. The largest absolute Gasteiger partial charge is 0.493 e. The molecule has 0 aliphatic heterocycles. The second-order valence-electron chi connectivity index (χ2n) is 9.56. The summed E-state index contributed by atoms with van der Waals surface area (Å²) in [6.07, 6.45) is 8.34. The minimum absolute atomic E-state index is 0.313. The molecule has 0 aromatic heterocycles. The Bertz CT molecular complexity index is 894. The van der Waals surface area contributed by atoms with Gasteiger partial charge in [-0.15, -0.1) is 0 Å². The monoisotopic (exact) mass is 445 g/mol. The Balaban J connectivity index is 1.28. The lowest BCUT2D eigenvalue weighted by Gasteiger charge is -2.57. The van der Waals surface area contributed by atoms with Crippen molar-refractivity contribution in [3.63, 3.8) is 0 Å². The van der Waals surface area contributed by atoms with E-state index in [-0.39, 0.29) is 0 Å². The molecular weight excluding hydrogens is 417 g/mol. The first-order chi connectivity index (χ1) is 14.5. The van der Waals surface area contributed by atoms with Crippen molar-refractivity contribution in [2.24, 2.45) is 17.8 Å². The maximum absolute atomic E-state index is 6.66. The molecule has 0 heterocycles. The van der Waals surface area contributed by atoms with Crippen molar-refractivity contribution in [1.29, 1.82) is 0 Å². The van der Waals surface area contributed by atoms with Gasteiger partial charge in [0.05, 0.1) is 7.11 Å². The van der Waals surface area contributed by atoms with Crippen molar-refractivity contribution in [2.45, 2.75) is 57.2 Å². The minimum atomic E-state index is 0.313. The molecule has 0 radical (unpaired) electrons. The first-order valence-corrected chi connectivity index (χ1v) is 11.8. The molecule has 0 saturated heterocycles. The van der Waals surface area contributed by atoms with Gasteiger partial charge in [-0.1, -0.05) is 35.3 Å². The molecule has 2 aromatic carbocycles. The Morgan fingerprint density at radius 3 is 2.30 bits per heavy atom. The topological polar surface area (TPSA) is 30.5 Å². The predicted octanol–water partition coefficient (Wildman–Crippen LogP) is 6.64. The van der Waals surface area contributed by atoms with Crippen LogP contribution in [0.2, 0.25) is 10.0 Å². The molecule has 0 amide bonds. The first-order valence-electron chi connectivity index (χ1n) is 11.0. The van der Waals surface area contributed by atoms with E-state index in [2.05, 4.69) is 5.32 Å². The quantitative estimate of drug-likeness (QED) is 0.517. The van der Waals surface area contributed by atoms with Crippen LogP contribution >= 0.6 is 23.2 Å². The van der Waals surface area contributed by atoms with E-state index in [4.69, 9.17) is 32.7 Å². The van der Waals surface area contributed by atoms with Crippen LogP contribution in [-0.4, -0.2) is 12.6 Å². The average molecular weight is 446 g/mol. The Hall–Kier alpha value is -1.42. The third-order valence-electron chi connectivity index (χ3n) is 7.31. The van der Waals surface area contributed by atoms with Crippen molar-refractivity contribution in [2.75, 3.05) is 7.11 Å². The highest BCUT2D eigenvalue weighted by Crippen LogP contribution is 2.55. The van der Waals surface area contributed by atoms with E-state index in [1.807, 2.05) is 36.4 Å². The van der Waals surface area contributed by atoms with Crippen LogP contribution in [0.5, 0.6) is 11.5 Å². The fourth-order valence-corrected chi connectivity index (χ4v) is 6.82. The second-order valence-corrected chi connectivity index (χ2v) is 10.4. The van der Waals surface area contributed by atoms with Crippen molar-refractivity contribution < 1.29 is 9.47 Å². The zero-order valence-electron chi connectivity index (χ0n) is 17.4. The molecule has 4 saturated carbocycles. The number of hydrogen-bond acceptors (Lipinski definition) is 3. The third kappa shape index (κ3) is 4.17. The molecule has 5 heteroatoms. The van der Waals surface area contributed by atoms with E-state index < -0.39 is 0 Å². The highest BCUT2D eigenvalue weighted by Gasteiger charge is 2.50. The fourth-order valence-electron chi connectivity index (χ4n) is 6.38. The molecule has 0 unspecified atom stereocenters. The van der Waals surface area contributed by atoms with Gasteiger partial charge in [0.15, 0.2) is 11.5 Å². The van der Waals surface area contributed by atoms with Crippen LogP contribution in [0, 0.1) is 17.8 Å². The summed E-state index contributed by atoms with van der Waals surface area (Å²) in [6, 6.07) is 11.6. The van der Waals surface area contributed by atoms with E-state index in [9.17, 15) is 0 Å². The van der Waals surface area contributed by atoms with Gasteiger partial charge < -0.3 is 14.8 Å². The number of nitrogens with one attached hydrogen (secondary N) is 1. The maximum Gasteiger partial charge on any atom is 0.163 e. The number of benzene rings is 2. The van der Waals surface area contributed by atoms with Crippen LogP contribution in [0.3, 0.4) is 0 Å².